The van der Waals surface area contributed by atoms with Crippen LogP contribution in [0, 0.1) is 11.8 Å². The van der Waals surface area contributed by atoms with E-state index in [9.17, 15) is 0 Å². The molecule has 0 bridgehead atoms. The molecule has 0 spiro atoms. The highest BCUT2D eigenvalue weighted by molar-refractivity contribution is 4.59. The first kappa shape index (κ1) is 12.0. The normalized spacial score (nSPS) is 16.0. The van der Waals surface area contributed by atoms with Crippen molar-refractivity contribution in [2.75, 3.05) is 13.1 Å². The summed E-state index contributed by atoms with van der Waals surface area (Å²) in [6.07, 6.45) is 3.95. The van der Waals surface area contributed by atoms with Gasteiger partial charge in [0, 0.05) is 0 Å². The molecular formula is C11H25N. The first-order valence-corrected chi connectivity index (χ1v) is 5.41. The zero-order chi connectivity index (χ0) is 9.40. The topological polar surface area (TPSA) is 12.0 Å². The van der Waals surface area contributed by atoms with Crippen LogP contribution in [-0.2, 0) is 0 Å². The Balaban J connectivity index is 3.18. The highest BCUT2D eigenvalue weighted by Gasteiger charge is 2.01. The van der Waals surface area contributed by atoms with Crippen molar-refractivity contribution in [2.24, 2.45) is 11.8 Å². The summed E-state index contributed by atoms with van der Waals surface area (Å²) in [4.78, 5) is 0. The number of nitrogens with one attached hydrogen (secondary N) is 1. The Labute approximate surface area is 77.9 Å². The molecule has 2 unspecified atom stereocenters. The van der Waals surface area contributed by atoms with E-state index in [1.165, 1.54) is 32.4 Å². The minimum absolute atomic E-state index is 0.832. The second-order valence-corrected chi connectivity index (χ2v) is 4.07. The Morgan fingerprint density at radius 1 is 1.00 bits per heavy atom. The van der Waals surface area contributed by atoms with Crippen molar-refractivity contribution in [3.05, 3.63) is 0 Å². The molecule has 0 aromatic heterocycles. The lowest BCUT2D eigenvalue weighted by molar-refractivity contribution is 0.433. The summed E-state index contributed by atoms with van der Waals surface area (Å²) in [6, 6.07) is 0. The zero-order valence-corrected chi connectivity index (χ0v) is 9.19. The van der Waals surface area contributed by atoms with E-state index < -0.39 is 0 Å². The van der Waals surface area contributed by atoms with Gasteiger partial charge in [0.1, 0.15) is 0 Å². The van der Waals surface area contributed by atoms with E-state index >= 15 is 0 Å². The molecule has 0 fully saturated rings. The van der Waals surface area contributed by atoms with Gasteiger partial charge in [0.25, 0.3) is 0 Å². The summed E-state index contributed by atoms with van der Waals surface area (Å²) in [5.41, 5.74) is 0. The number of hydrogen-bond donors (Lipinski definition) is 1. The summed E-state index contributed by atoms with van der Waals surface area (Å²) < 4.78 is 0. The van der Waals surface area contributed by atoms with Crippen LogP contribution < -0.4 is 5.32 Å². The first-order chi connectivity index (χ1) is 5.70. The Morgan fingerprint density at radius 3 is 2.08 bits per heavy atom. The van der Waals surface area contributed by atoms with E-state index in [0.29, 0.717) is 0 Å². The molecule has 0 aliphatic rings. The summed E-state index contributed by atoms with van der Waals surface area (Å²) >= 11 is 0. The predicted molar refractivity (Wildman–Crippen MR) is 56.4 cm³/mol. The molecule has 74 valence electrons. The van der Waals surface area contributed by atoms with Gasteiger partial charge in [-0.05, 0) is 31.3 Å². The third-order valence-corrected chi connectivity index (χ3v) is 2.46. The predicted octanol–water partition coefficient (Wildman–Crippen LogP) is 3.06. The van der Waals surface area contributed by atoms with Gasteiger partial charge in [-0.2, -0.15) is 0 Å². The third kappa shape index (κ3) is 6.66. The molecule has 0 saturated heterocycles. The Kier molecular flexibility index (Phi) is 7.58. The quantitative estimate of drug-likeness (QED) is 0.621. The van der Waals surface area contributed by atoms with Gasteiger partial charge in [0.05, 0.1) is 0 Å². The summed E-state index contributed by atoms with van der Waals surface area (Å²) in [7, 11) is 0. The fraction of sp³-hybridized carbons (Fsp3) is 1.00. The highest BCUT2D eigenvalue weighted by atomic mass is 14.9. The van der Waals surface area contributed by atoms with Gasteiger partial charge in [-0.25, -0.2) is 0 Å². The summed E-state index contributed by atoms with van der Waals surface area (Å²) in [6.45, 7) is 11.5. The largest absolute Gasteiger partial charge is 0.316 e. The maximum atomic E-state index is 3.52. The van der Waals surface area contributed by atoms with Crippen LogP contribution in [0.2, 0.25) is 0 Å². The number of hydrogen-bond acceptors (Lipinski definition) is 1. The minimum atomic E-state index is 0.832. The lowest BCUT2D eigenvalue weighted by atomic mass is 10.1. The molecule has 0 aromatic carbocycles. The molecule has 12 heavy (non-hydrogen) atoms. The van der Waals surface area contributed by atoms with Crippen molar-refractivity contribution in [1.29, 1.82) is 0 Å². The van der Waals surface area contributed by atoms with Crippen molar-refractivity contribution in [3.8, 4) is 0 Å². The van der Waals surface area contributed by atoms with E-state index in [1.54, 1.807) is 0 Å². The van der Waals surface area contributed by atoms with Crippen molar-refractivity contribution < 1.29 is 0 Å². The van der Waals surface area contributed by atoms with E-state index in [2.05, 4.69) is 33.0 Å². The fourth-order valence-electron chi connectivity index (χ4n) is 1.32. The van der Waals surface area contributed by atoms with Crippen LogP contribution in [0.5, 0.6) is 0 Å². The molecule has 2 atom stereocenters. The second kappa shape index (κ2) is 7.60. The van der Waals surface area contributed by atoms with E-state index in [1.807, 2.05) is 0 Å². The van der Waals surface area contributed by atoms with E-state index in [4.69, 9.17) is 0 Å². The molecule has 0 aromatic rings. The monoisotopic (exact) mass is 171 g/mol. The van der Waals surface area contributed by atoms with Crippen LogP contribution in [0.4, 0.5) is 0 Å². The van der Waals surface area contributed by atoms with Crippen LogP contribution in [0.25, 0.3) is 0 Å². The lowest BCUT2D eigenvalue weighted by Gasteiger charge is -2.14. The van der Waals surface area contributed by atoms with Crippen LogP contribution in [0.15, 0.2) is 0 Å². The second-order valence-electron chi connectivity index (χ2n) is 4.07. The maximum Gasteiger partial charge on any atom is -0.00230 e. The molecule has 0 amide bonds. The smallest absolute Gasteiger partial charge is 0.00230 e. The van der Waals surface area contributed by atoms with E-state index in [0.717, 1.165) is 11.8 Å². The van der Waals surface area contributed by atoms with E-state index in [-0.39, 0.29) is 0 Å². The molecule has 0 heterocycles. The summed E-state index contributed by atoms with van der Waals surface area (Å²) in [5, 5.41) is 3.52. The van der Waals surface area contributed by atoms with Crippen molar-refractivity contribution >= 4 is 0 Å². The molecule has 0 radical (unpaired) electrons. The van der Waals surface area contributed by atoms with Crippen LogP contribution >= 0.6 is 0 Å². The third-order valence-electron chi connectivity index (χ3n) is 2.46. The minimum Gasteiger partial charge on any atom is -0.316 e. The molecule has 1 N–H and O–H groups in total. The van der Waals surface area contributed by atoms with Crippen molar-refractivity contribution in [2.45, 2.75) is 47.0 Å². The average molecular weight is 171 g/mol. The maximum absolute atomic E-state index is 3.52. The first-order valence-electron chi connectivity index (χ1n) is 5.41. The molecule has 1 nitrogen and oxygen atoms in total. The van der Waals surface area contributed by atoms with Gasteiger partial charge in [-0.3, -0.25) is 0 Å². The SMILES string of the molecule is CCCC(C)CNCC(C)CC. The standard InChI is InChI=1S/C11H25N/c1-5-7-11(4)9-12-8-10(3)6-2/h10-12H,5-9H2,1-4H3. The molecule has 1 heteroatoms. The van der Waals surface area contributed by atoms with Gasteiger partial charge in [0.15, 0.2) is 0 Å². The van der Waals surface area contributed by atoms with Crippen molar-refractivity contribution in [1.82, 2.24) is 5.32 Å². The fourth-order valence-corrected chi connectivity index (χ4v) is 1.32. The Morgan fingerprint density at radius 2 is 1.58 bits per heavy atom. The summed E-state index contributed by atoms with van der Waals surface area (Å²) in [5.74, 6) is 1.68. The van der Waals surface area contributed by atoms with Gasteiger partial charge in [-0.15, -0.1) is 0 Å². The molecule has 0 aliphatic carbocycles. The number of rotatable bonds is 7. The van der Waals surface area contributed by atoms with Crippen LogP contribution in [0.3, 0.4) is 0 Å². The molecule has 0 aliphatic heterocycles. The zero-order valence-electron chi connectivity index (χ0n) is 9.19. The van der Waals surface area contributed by atoms with Crippen LogP contribution in [-0.4, -0.2) is 13.1 Å². The Bertz CT molecular complexity index is 91.0. The van der Waals surface area contributed by atoms with Crippen molar-refractivity contribution in [3.63, 3.8) is 0 Å². The lowest BCUT2D eigenvalue weighted by Crippen LogP contribution is -2.25. The van der Waals surface area contributed by atoms with Gasteiger partial charge in [0.2, 0.25) is 0 Å². The van der Waals surface area contributed by atoms with Crippen LogP contribution in [0.1, 0.15) is 47.0 Å². The van der Waals surface area contributed by atoms with Gasteiger partial charge >= 0.3 is 0 Å². The molecule has 0 saturated carbocycles. The average Bonchev–Trinajstić information content (AvgIpc) is 2.04. The van der Waals surface area contributed by atoms with Gasteiger partial charge < -0.3 is 5.32 Å². The highest BCUT2D eigenvalue weighted by Crippen LogP contribution is 2.03. The molecule has 0 rings (SSSR count). The Hall–Kier alpha value is -0.0400. The van der Waals surface area contributed by atoms with Gasteiger partial charge in [-0.1, -0.05) is 40.5 Å². The molecular weight excluding hydrogens is 146 g/mol.